The van der Waals surface area contributed by atoms with Crippen LogP contribution in [0, 0.1) is 5.82 Å². The van der Waals surface area contributed by atoms with Crippen molar-refractivity contribution in [1.82, 2.24) is 0 Å². The number of carboxylic acids is 1. The first-order valence-corrected chi connectivity index (χ1v) is 5.63. The van der Waals surface area contributed by atoms with Gasteiger partial charge in [0.1, 0.15) is 11.9 Å². The smallest absolute Gasteiger partial charge is 0.320 e. The molecular formula is C9H8Br2FNO2. The molecule has 1 aromatic rings. The Balaban J connectivity index is 3.03. The lowest BCUT2D eigenvalue weighted by molar-refractivity contribution is -0.138. The van der Waals surface area contributed by atoms with Gasteiger partial charge in [-0.15, -0.1) is 0 Å². The van der Waals surface area contributed by atoms with Crippen LogP contribution in [0.4, 0.5) is 4.39 Å². The Morgan fingerprint density at radius 2 is 2.00 bits per heavy atom. The van der Waals surface area contributed by atoms with Crippen LogP contribution in [0.5, 0.6) is 0 Å². The molecular weight excluding hydrogens is 333 g/mol. The van der Waals surface area contributed by atoms with Crippen LogP contribution in [-0.4, -0.2) is 17.1 Å². The van der Waals surface area contributed by atoms with Gasteiger partial charge in [-0.05, 0) is 28.1 Å². The maximum Gasteiger partial charge on any atom is 0.320 e. The van der Waals surface area contributed by atoms with Crippen molar-refractivity contribution in [2.45, 2.75) is 12.5 Å². The third kappa shape index (κ3) is 2.99. The van der Waals surface area contributed by atoms with Crippen LogP contribution in [0.15, 0.2) is 21.1 Å². The van der Waals surface area contributed by atoms with Crippen molar-refractivity contribution in [1.29, 1.82) is 0 Å². The highest BCUT2D eigenvalue weighted by atomic mass is 79.9. The molecule has 0 heterocycles. The van der Waals surface area contributed by atoms with Gasteiger partial charge in [-0.25, -0.2) is 4.39 Å². The summed E-state index contributed by atoms with van der Waals surface area (Å²) in [6, 6.07) is 2.07. The largest absolute Gasteiger partial charge is 0.480 e. The van der Waals surface area contributed by atoms with E-state index in [9.17, 15) is 9.18 Å². The molecule has 0 fully saturated rings. The molecule has 0 bridgehead atoms. The van der Waals surface area contributed by atoms with Crippen LogP contribution in [0.1, 0.15) is 5.56 Å². The van der Waals surface area contributed by atoms with Crippen molar-refractivity contribution in [2.75, 3.05) is 0 Å². The summed E-state index contributed by atoms with van der Waals surface area (Å²) in [5.41, 5.74) is 5.60. The molecule has 1 atom stereocenters. The number of aliphatic carboxylic acids is 1. The second-order valence-electron chi connectivity index (χ2n) is 2.97. The molecule has 0 aromatic heterocycles. The van der Waals surface area contributed by atoms with Gasteiger partial charge in [-0.1, -0.05) is 15.9 Å². The summed E-state index contributed by atoms with van der Waals surface area (Å²) < 4.78 is 14.4. The van der Waals surface area contributed by atoms with Gasteiger partial charge in [0, 0.05) is 16.5 Å². The summed E-state index contributed by atoms with van der Waals surface area (Å²) >= 11 is 6.17. The Hall–Kier alpha value is -0.460. The van der Waals surface area contributed by atoms with E-state index >= 15 is 0 Å². The zero-order valence-corrected chi connectivity index (χ0v) is 10.7. The monoisotopic (exact) mass is 339 g/mol. The molecule has 0 aliphatic rings. The molecule has 0 amide bonds. The quantitative estimate of drug-likeness (QED) is 0.830. The summed E-state index contributed by atoms with van der Waals surface area (Å²) in [6.07, 6.45) is -0.0544. The molecule has 82 valence electrons. The summed E-state index contributed by atoms with van der Waals surface area (Å²) in [5, 5.41) is 8.62. The van der Waals surface area contributed by atoms with Gasteiger partial charge < -0.3 is 10.8 Å². The van der Waals surface area contributed by atoms with E-state index in [1.54, 1.807) is 6.07 Å². The second-order valence-corrected chi connectivity index (χ2v) is 4.68. The van der Waals surface area contributed by atoms with E-state index in [0.717, 1.165) is 0 Å². The second kappa shape index (κ2) is 5.05. The Kier molecular flexibility index (Phi) is 4.24. The van der Waals surface area contributed by atoms with Gasteiger partial charge in [0.25, 0.3) is 0 Å². The van der Waals surface area contributed by atoms with E-state index in [-0.39, 0.29) is 12.0 Å². The summed E-state index contributed by atoms with van der Waals surface area (Å²) in [4.78, 5) is 10.5. The van der Waals surface area contributed by atoms with Gasteiger partial charge in [-0.3, -0.25) is 4.79 Å². The third-order valence-electron chi connectivity index (χ3n) is 1.88. The zero-order chi connectivity index (χ0) is 11.6. The minimum atomic E-state index is -1.15. The van der Waals surface area contributed by atoms with Crippen molar-refractivity contribution in [3.05, 3.63) is 32.5 Å². The van der Waals surface area contributed by atoms with Gasteiger partial charge in [0.2, 0.25) is 0 Å². The lowest BCUT2D eigenvalue weighted by Crippen LogP contribution is -2.32. The van der Waals surface area contributed by atoms with Gasteiger partial charge in [0.05, 0.1) is 4.47 Å². The minimum Gasteiger partial charge on any atom is -0.480 e. The molecule has 0 saturated heterocycles. The molecule has 0 saturated carbocycles. The molecule has 0 aliphatic heterocycles. The average molecular weight is 341 g/mol. The van der Waals surface area contributed by atoms with Crippen molar-refractivity contribution in [2.24, 2.45) is 5.73 Å². The summed E-state index contributed by atoms with van der Waals surface area (Å²) in [6.45, 7) is 0. The first-order chi connectivity index (χ1) is 6.93. The number of hydrogen-bond acceptors (Lipinski definition) is 2. The number of benzene rings is 1. The zero-order valence-electron chi connectivity index (χ0n) is 7.51. The van der Waals surface area contributed by atoms with Gasteiger partial charge in [0.15, 0.2) is 0 Å². The number of carbonyl (C=O) groups is 1. The maximum absolute atomic E-state index is 13.6. The first kappa shape index (κ1) is 12.6. The molecule has 0 spiro atoms. The van der Waals surface area contributed by atoms with E-state index in [1.807, 2.05) is 0 Å². The van der Waals surface area contributed by atoms with Crippen molar-refractivity contribution in [3.63, 3.8) is 0 Å². The van der Waals surface area contributed by atoms with Crippen LogP contribution in [0.25, 0.3) is 0 Å². The van der Waals surface area contributed by atoms with Crippen molar-refractivity contribution >= 4 is 37.8 Å². The topological polar surface area (TPSA) is 63.3 Å². The van der Waals surface area contributed by atoms with Gasteiger partial charge in [-0.2, -0.15) is 0 Å². The first-order valence-electron chi connectivity index (χ1n) is 4.04. The molecule has 1 aromatic carbocycles. The highest BCUT2D eigenvalue weighted by Gasteiger charge is 2.18. The van der Waals surface area contributed by atoms with Crippen LogP contribution in [0.3, 0.4) is 0 Å². The van der Waals surface area contributed by atoms with E-state index in [0.29, 0.717) is 8.95 Å². The molecule has 1 unspecified atom stereocenters. The SMILES string of the molecule is NC(Cc1c(Br)ccc(Br)c1F)C(=O)O. The molecule has 15 heavy (non-hydrogen) atoms. The van der Waals surface area contributed by atoms with Crippen molar-refractivity contribution in [3.8, 4) is 0 Å². The Morgan fingerprint density at radius 3 is 2.53 bits per heavy atom. The fourth-order valence-electron chi connectivity index (χ4n) is 1.06. The summed E-state index contributed by atoms with van der Waals surface area (Å²) in [5.74, 6) is -1.64. The number of rotatable bonds is 3. The van der Waals surface area contributed by atoms with Crippen LogP contribution in [-0.2, 0) is 11.2 Å². The Labute approximate surface area is 103 Å². The fourth-order valence-corrected chi connectivity index (χ4v) is 1.90. The highest BCUT2D eigenvalue weighted by Crippen LogP contribution is 2.27. The summed E-state index contributed by atoms with van der Waals surface area (Å²) in [7, 11) is 0. The molecule has 6 heteroatoms. The minimum absolute atomic E-state index is 0.0544. The standard InChI is InChI=1S/C9H8Br2FNO2/c10-5-1-2-6(11)8(12)4(5)3-7(13)9(14)15/h1-2,7H,3,13H2,(H,14,15). The van der Waals surface area contributed by atoms with Crippen LogP contribution < -0.4 is 5.73 Å². The third-order valence-corrected chi connectivity index (χ3v) is 3.24. The number of hydrogen-bond donors (Lipinski definition) is 2. The normalized spacial score (nSPS) is 12.5. The van der Waals surface area contributed by atoms with Gasteiger partial charge >= 0.3 is 5.97 Å². The number of carboxylic acid groups (broad SMARTS) is 1. The number of halogens is 3. The van der Waals surface area contributed by atoms with E-state index in [2.05, 4.69) is 31.9 Å². The van der Waals surface area contributed by atoms with Crippen LogP contribution >= 0.6 is 31.9 Å². The highest BCUT2D eigenvalue weighted by molar-refractivity contribution is 9.11. The van der Waals surface area contributed by atoms with E-state index in [1.165, 1.54) is 6.07 Å². The van der Waals surface area contributed by atoms with Crippen molar-refractivity contribution < 1.29 is 14.3 Å². The molecule has 3 nitrogen and oxygen atoms in total. The average Bonchev–Trinajstić information content (AvgIpc) is 2.18. The Bertz CT molecular complexity index is 398. The lowest BCUT2D eigenvalue weighted by atomic mass is 10.1. The fraction of sp³-hybridized carbons (Fsp3) is 0.222. The van der Waals surface area contributed by atoms with E-state index < -0.39 is 17.8 Å². The molecule has 0 radical (unpaired) electrons. The Morgan fingerprint density at radius 1 is 1.47 bits per heavy atom. The lowest BCUT2D eigenvalue weighted by Gasteiger charge is -2.10. The molecule has 1 rings (SSSR count). The van der Waals surface area contributed by atoms with Crippen LogP contribution in [0.2, 0.25) is 0 Å². The predicted octanol–water partition coefficient (Wildman–Crippen LogP) is 2.31. The molecule has 0 aliphatic carbocycles. The number of nitrogens with two attached hydrogens (primary N) is 1. The molecule has 3 N–H and O–H groups in total. The predicted molar refractivity (Wildman–Crippen MR) is 61.1 cm³/mol. The maximum atomic E-state index is 13.6. The van der Waals surface area contributed by atoms with E-state index in [4.69, 9.17) is 10.8 Å².